The van der Waals surface area contributed by atoms with Crippen LogP contribution in [0.5, 0.6) is 5.75 Å². The van der Waals surface area contributed by atoms with Crippen molar-refractivity contribution < 1.29 is 4.74 Å². The number of hydrogen-bond acceptors (Lipinski definition) is 6. The van der Waals surface area contributed by atoms with Crippen molar-refractivity contribution in [3.05, 3.63) is 65.3 Å². The average Bonchev–Trinajstić information content (AvgIpc) is 3.09. The maximum atomic E-state index is 5.44. The Morgan fingerprint density at radius 3 is 2.81 bits per heavy atom. The largest absolute Gasteiger partial charge is 0.496 e. The average molecular weight is 376 g/mol. The zero-order valence-electron chi connectivity index (χ0n) is 15.3. The first-order valence-corrected chi connectivity index (χ1v) is 9.60. The number of para-hydroxylation sites is 1. The van der Waals surface area contributed by atoms with Gasteiger partial charge in [-0.1, -0.05) is 18.2 Å². The molecule has 4 rings (SSSR count). The Morgan fingerprint density at radius 2 is 2.00 bits per heavy atom. The van der Waals surface area contributed by atoms with Gasteiger partial charge in [-0.25, -0.2) is 9.97 Å². The summed E-state index contributed by atoms with van der Waals surface area (Å²) in [5.74, 6) is 2.46. The van der Waals surface area contributed by atoms with E-state index in [1.165, 1.54) is 10.4 Å². The third kappa shape index (κ3) is 3.75. The lowest BCUT2D eigenvalue weighted by molar-refractivity contribution is 0.410. The van der Waals surface area contributed by atoms with Crippen molar-refractivity contribution >= 4 is 27.4 Å². The SMILES string of the molecule is COc1ccccc1CCNc1nc(-c2cccnc2)nc2sc(C)cc12. The molecule has 27 heavy (non-hydrogen) atoms. The molecule has 136 valence electrons. The van der Waals surface area contributed by atoms with Gasteiger partial charge in [-0.15, -0.1) is 11.3 Å². The third-order valence-electron chi connectivity index (χ3n) is 4.31. The first-order valence-electron chi connectivity index (χ1n) is 8.79. The smallest absolute Gasteiger partial charge is 0.164 e. The number of aryl methyl sites for hydroxylation is 1. The highest BCUT2D eigenvalue weighted by Crippen LogP contribution is 2.31. The molecule has 0 atom stereocenters. The number of nitrogens with zero attached hydrogens (tertiary/aromatic N) is 3. The van der Waals surface area contributed by atoms with E-state index in [0.29, 0.717) is 5.82 Å². The highest BCUT2D eigenvalue weighted by molar-refractivity contribution is 7.18. The van der Waals surface area contributed by atoms with Crippen LogP contribution in [0.2, 0.25) is 0 Å². The standard InChI is InChI=1S/C21H20N4OS/c1-14-12-17-20(23-11-9-15-6-3-4-8-18(15)26-2)24-19(25-21(17)27-14)16-7-5-10-22-13-16/h3-8,10,12-13H,9,11H2,1-2H3,(H,23,24,25). The lowest BCUT2D eigenvalue weighted by Crippen LogP contribution is -2.08. The highest BCUT2D eigenvalue weighted by atomic mass is 32.1. The fourth-order valence-corrected chi connectivity index (χ4v) is 3.91. The Kier molecular flexibility index (Phi) is 4.98. The van der Waals surface area contributed by atoms with Gasteiger partial charge in [0.05, 0.1) is 12.5 Å². The number of rotatable bonds is 6. The number of hydrogen-bond donors (Lipinski definition) is 1. The van der Waals surface area contributed by atoms with Crippen LogP contribution in [0, 0.1) is 6.92 Å². The molecule has 3 aromatic heterocycles. The summed E-state index contributed by atoms with van der Waals surface area (Å²) in [6.07, 6.45) is 4.39. The van der Waals surface area contributed by atoms with Crippen molar-refractivity contribution in [3.8, 4) is 17.1 Å². The van der Waals surface area contributed by atoms with Crippen molar-refractivity contribution in [2.45, 2.75) is 13.3 Å². The Morgan fingerprint density at radius 1 is 1.11 bits per heavy atom. The summed E-state index contributed by atoms with van der Waals surface area (Å²) < 4.78 is 5.44. The molecular formula is C21H20N4OS. The van der Waals surface area contributed by atoms with Gasteiger partial charge in [0.2, 0.25) is 0 Å². The molecule has 0 radical (unpaired) electrons. The van der Waals surface area contributed by atoms with E-state index < -0.39 is 0 Å². The van der Waals surface area contributed by atoms with Crippen molar-refractivity contribution in [2.75, 3.05) is 19.0 Å². The van der Waals surface area contributed by atoms with Crippen molar-refractivity contribution in [2.24, 2.45) is 0 Å². The molecule has 0 saturated heterocycles. The van der Waals surface area contributed by atoms with Crippen LogP contribution in [0.15, 0.2) is 54.9 Å². The van der Waals surface area contributed by atoms with Gasteiger partial charge in [0, 0.05) is 29.4 Å². The topological polar surface area (TPSA) is 59.9 Å². The van der Waals surface area contributed by atoms with Crippen molar-refractivity contribution in [1.82, 2.24) is 15.0 Å². The number of anilines is 1. The summed E-state index contributed by atoms with van der Waals surface area (Å²) in [4.78, 5) is 15.9. The summed E-state index contributed by atoms with van der Waals surface area (Å²) >= 11 is 1.68. The molecule has 1 N–H and O–H groups in total. The number of nitrogens with one attached hydrogen (secondary N) is 1. The van der Waals surface area contributed by atoms with E-state index in [1.807, 2.05) is 30.3 Å². The summed E-state index contributed by atoms with van der Waals surface area (Å²) in [6.45, 7) is 2.85. The maximum absolute atomic E-state index is 5.44. The Balaban J connectivity index is 1.62. The molecule has 0 aliphatic heterocycles. The van der Waals surface area contributed by atoms with Gasteiger partial charge in [0.25, 0.3) is 0 Å². The Labute approximate surface area is 162 Å². The molecule has 4 aromatic rings. The molecule has 0 fully saturated rings. The number of ether oxygens (including phenoxy) is 1. The first-order chi connectivity index (χ1) is 13.2. The van der Waals surface area contributed by atoms with Crippen LogP contribution in [-0.2, 0) is 6.42 Å². The minimum atomic E-state index is 0.692. The second-order valence-electron chi connectivity index (χ2n) is 6.20. The number of thiophene rings is 1. The van der Waals surface area contributed by atoms with E-state index in [2.05, 4.69) is 29.4 Å². The molecule has 0 unspecified atom stereocenters. The van der Waals surface area contributed by atoms with Crippen molar-refractivity contribution in [3.63, 3.8) is 0 Å². The number of pyridine rings is 1. The van der Waals surface area contributed by atoms with E-state index in [4.69, 9.17) is 14.7 Å². The van der Waals surface area contributed by atoms with E-state index in [9.17, 15) is 0 Å². The quantitative estimate of drug-likeness (QED) is 0.527. The van der Waals surface area contributed by atoms with Crippen LogP contribution in [0.3, 0.4) is 0 Å². The van der Waals surface area contributed by atoms with Crippen LogP contribution in [0.4, 0.5) is 5.82 Å². The fourth-order valence-electron chi connectivity index (χ4n) is 3.03. The van der Waals surface area contributed by atoms with E-state index in [0.717, 1.165) is 40.3 Å². The molecule has 5 nitrogen and oxygen atoms in total. The molecule has 0 spiro atoms. The molecule has 0 saturated carbocycles. The molecule has 0 amide bonds. The van der Waals surface area contributed by atoms with Gasteiger partial charge >= 0.3 is 0 Å². The first kappa shape index (κ1) is 17.4. The fraction of sp³-hybridized carbons (Fsp3) is 0.190. The van der Waals surface area contributed by atoms with E-state index in [1.54, 1.807) is 30.8 Å². The molecular weight excluding hydrogens is 356 g/mol. The number of fused-ring (bicyclic) bond motifs is 1. The molecule has 0 bridgehead atoms. The predicted octanol–water partition coefficient (Wildman–Crippen LogP) is 4.72. The minimum absolute atomic E-state index is 0.692. The monoisotopic (exact) mass is 376 g/mol. The predicted molar refractivity (Wildman–Crippen MR) is 111 cm³/mol. The highest BCUT2D eigenvalue weighted by Gasteiger charge is 2.12. The normalized spacial score (nSPS) is 10.9. The summed E-state index contributed by atoms with van der Waals surface area (Å²) in [6, 6.07) is 14.1. The number of benzene rings is 1. The molecule has 6 heteroatoms. The van der Waals surface area contributed by atoms with E-state index in [-0.39, 0.29) is 0 Å². The zero-order valence-corrected chi connectivity index (χ0v) is 16.1. The Bertz CT molecular complexity index is 1060. The van der Waals surface area contributed by atoms with Gasteiger partial charge < -0.3 is 10.1 Å². The van der Waals surface area contributed by atoms with Crippen LogP contribution in [0.1, 0.15) is 10.4 Å². The molecule has 1 aromatic carbocycles. The Hall–Kier alpha value is -2.99. The third-order valence-corrected chi connectivity index (χ3v) is 5.26. The summed E-state index contributed by atoms with van der Waals surface area (Å²) in [5, 5.41) is 4.55. The lowest BCUT2D eigenvalue weighted by atomic mass is 10.1. The summed E-state index contributed by atoms with van der Waals surface area (Å²) in [7, 11) is 1.70. The molecule has 3 heterocycles. The van der Waals surface area contributed by atoms with Crippen LogP contribution in [0.25, 0.3) is 21.6 Å². The van der Waals surface area contributed by atoms with Crippen LogP contribution >= 0.6 is 11.3 Å². The second kappa shape index (κ2) is 7.72. The maximum Gasteiger partial charge on any atom is 0.164 e. The van der Waals surface area contributed by atoms with Crippen LogP contribution < -0.4 is 10.1 Å². The van der Waals surface area contributed by atoms with Gasteiger partial charge in [-0.3, -0.25) is 4.98 Å². The van der Waals surface area contributed by atoms with Gasteiger partial charge in [-0.05, 0) is 43.2 Å². The lowest BCUT2D eigenvalue weighted by Gasteiger charge is -2.11. The van der Waals surface area contributed by atoms with Gasteiger partial charge in [-0.2, -0.15) is 0 Å². The minimum Gasteiger partial charge on any atom is -0.496 e. The number of aromatic nitrogens is 3. The molecule has 0 aliphatic rings. The van der Waals surface area contributed by atoms with Gasteiger partial charge in [0.1, 0.15) is 16.4 Å². The zero-order chi connectivity index (χ0) is 18.6. The second-order valence-corrected chi connectivity index (χ2v) is 7.44. The molecule has 0 aliphatic carbocycles. The van der Waals surface area contributed by atoms with Gasteiger partial charge in [0.15, 0.2) is 5.82 Å². The van der Waals surface area contributed by atoms with Crippen molar-refractivity contribution in [1.29, 1.82) is 0 Å². The van der Waals surface area contributed by atoms with Crippen LogP contribution in [-0.4, -0.2) is 28.6 Å². The number of methoxy groups -OCH3 is 1. The van der Waals surface area contributed by atoms with E-state index >= 15 is 0 Å². The summed E-state index contributed by atoms with van der Waals surface area (Å²) in [5.41, 5.74) is 2.09.